The Morgan fingerprint density at radius 1 is 1.13 bits per heavy atom. The van der Waals surface area contributed by atoms with Crippen molar-refractivity contribution in [3.8, 4) is 11.1 Å². The van der Waals surface area contributed by atoms with Crippen LogP contribution >= 0.6 is 0 Å². The predicted molar refractivity (Wildman–Crippen MR) is 121 cm³/mol. The Hall–Kier alpha value is -2.47. The van der Waals surface area contributed by atoms with Gasteiger partial charge in [0.05, 0.1) is 12.2 Å². The summed E-state index contributed by atoms with van der Waals surface area (Å²) in [5.74, 6) is 0.278. The monoisotopic (exact) mass is 425 g/mol. The van der Waals surface area contributed by atoms with E-state index in [1.807, 2.05) is 45.9 Å². The van der Waals surface area contributed by atoms with Gasteiger partial charge < -0.3 is 15.0 Å². The quantitative estimate of drug-likeness (QED) is 0.739. The standard InChI is InChI=1S/C25H32FN3O2/c1-15-7-20(8-16(2)28-15)25-21(12-27-24(30)9-19-5-6-19)10-22(11-23(25)26)29-13-17(3)31-18(4)14-29/h7-8,10-11,17-19H,5-6,9,12-14H2,1-4H3,(H,27,30)/t17-,18+. The fraction of sp³-hybridized carbons (Fsp3) is 0.520. The van der Waals surface area contributed by atoms with E-state index in [0.29, 0.717) is 37.5 Å². The zero-order chi connectivity index (χ0) is 22.1. The van der Waals surface area contributed by atoms with Crippen LogP contribution in [0.2, 0.25) is 0 Å². The van der Waals surface area contributed by atoms with Gasteiger partial charge in [-0.2, -0.15) is 0 Å². The third-order valence-corrected chi connectivity index (χ3v) is 5.96. The van der Waals surface area contributed by atoms with Crippen LogP contribution in [-0.4, -0.2) is 36.2 Å². The average Bonchev–Trinajstić information content (AvgIpc) is 3.48. The summed E-state index contributed by atoms with van der Waals surface area (Å²) in [4.78, 5) is 18.9. The maximum Gasteiger partial charge on any atom is 0.220 e. The molecule has 1 aromatic carbocycles. The fourth-order valence-corrected chi connectivity index (χ4v) is 4.51. The number of ether oxygens (including phenoxy) is 1. The molecule has 166 valence electrons. The van der Waals surface area contributed by atoms with Gasteiger partial charge in [0.15, 0.2) is 0 Å². The van der Waals surface area contributed by atoms with Gasteiger partial charge in [-0.3, -0.25) is 9.78 Å². The Bertz CT molecular complexity index is 943. The lowest BCUT2D eigenvalue weighted by molar-refractivity contribution is -0.121. The van der Waals surface area contributed by atoms with Gasteiger partial charge in [-0.1, -0.05) is 0 Å². The summed E-state index contributed by atoms with van der Waals surface area (Å²) in [6, 6.07) is 7.44. The average molecular weight is 426 g/mol. The third kappa shape index (κ3) is 5.42. The minimum atomic E-state index is -0.277. The molecule has 0 unspecified atom stereocenters. The van der Waals surface area contributed by atoms with E-state index < -0.39 is 0 Å². The van der Waals surface area contributed by atoms with Gasteiger partial charge in [0.25, 0.3) is 0 Å². The zero-order valence-electron chi connectivity index (χ0n) is 18.9. The van der Waals surface area contributed by atoms with E-state index in [4.69, 9.17) is 4.74 Å². The highest BCUT2D eigenvalue weighted by atomic mass is 19.1. The topological polar surface area (TPSA) is 54.5 Å². The number of rotatable bonds is 6. The van der Waals surface area contributed by atoms with Crippen molar-refractivity contribution in [3.63, 3.8) is 0 Å². The number of anilines is 1. The minimum absolute atomic E-state index is 0.0370. The molecule has 2 aliphatic rings. The Morgan fingerprint density at radius 2 is 1.77 bits per heavy atom. The summed E-state index contributed by atoms with van der Waals surface area (Å²) >= 11 is 0. The lowest BCUT2D eigenvalue weighted by Gasteiger charge is -2.37. The van der Waals surface area contributed by atoms with Gasteiger partial charge in [-0.25, -0.2) is 4.39 Å². The van der Waals surface area contributed by atoms with Crippen LogP contribution in [0.5, 0.6) is 0 Å². The maximum absolute atomic E-state index is 15.6. The van der Waals surface area contributed by atoms with Crippen LogP contribution in [0.4, 0.5) is 10.1 Å². The van der Waals surface area contributed by atoms with E-state index in [0.717, 1.165) is 41.0 Å². The zero-order valence-corrected chi connectivity index (χ0v) is 18.9. The van der Waals surface area contributed by atoms with Gasteiger partial charge in [0, 0.05) is 48.7 Å². The van der Waals surface area contributed by atoms with E-state index in [1.165, 1.54) is 0 Å². The normalized spacial score (nSPS) is 21.3. The van der Waals surface area contributed by atoms with Gasteiger partial charge in [-0.05, 0) is 81.8 Å². The predicted octanol–water partition coefficient (Wildman–Crippen LogP) is 4.53. The molecule has 31 heavy (non-hydrogen) atoms. The molecule has 1 aromatic heterocycles. The summed E-state index contributed by atoms with van der Waals surface area (Å²) in [5, 5.41) is 3.02. The largest absolute Gasteiger partial charge is 0.372 e. The van der Waals surface area contributed by atoms with Crippen LogP contribution in [0.15, 0.2) is 24.3 Å². The van der Waals surface area contributed by atoms with E-state index >= 15 is 4.39 Å². The van der Waals surface area contributed by atoms with Gasteiger partial charge in [0.2, 0.25) is 5.91 Å². The molecule has 4 rings (SSSR count). The Balaban J connectivity index is 1.69. The summed E-state index contributed by atoms with van der Waals surface area (Å²) in [5.41, 5.74) is 4.65. The molecule has 0 spiro atoms. The number of hydrogen-bond acceptors (Lipinski definition) is 4. The molecule has 1 saturated carbocycles. The lowest BCUT2D eigenvalue weighted by Crippen LogP contribution is -2.45. The molecule has 2 atom stereocenters. The lowest BCUT2D eigenvalue weighted by atomic mass is 9.96. The molecule has 2 heterocycles. The fourth-order valence-electron chi connectivity index (χ4n) is 4.51. The van der Waals surface area contributed by atoms with E-state index in [1.54, 1.807) is 6.07 Å². The van der Waals surface area contributed by atoms with Crippen LogP contribution in [-0.2, 0) is 16.1 Å². The van der Waals surface area contributed by atoms with Gasteiger partial charge >= 0.3 is 0 Å². The number of nitrogens with zero attached hydrogens (tertiary/aromatic N) is 2. The molecule has 0 bridgehead atoms. The number of aryl methyl sites for hydroxylation is 2. The van der Waals surface area contributed by atoms with E-state index in [2.05, 4.69) is 15.2 Å². The number of carbonyl (C=O) groups is 1. The first kappa shape index (κ1) is 21.8. The molecular formula is C25H32FN3O2. The number of hydrogen-bond donors (Lipinski definition) is 1. The number of amides is 1. The SMILES string of the molecule is Cc1cc(-c2c(F)cc(N3C[C@@H](C)O[C@@H](C)C3)cc2CNC(=O)CC2CC2)cc(C)n1. The van der Waals surface area contributed by atoms with Crippen molar-refractivity contribution >= 4 is 11.6 Å². The molecule has 0 radical (unpaired) electrons. The van der Waals surface area contributed by atoms with Gasteiger partial charge in [-0.15, -0.1) is 0 Å². The van der Waals surface area contributed by atoms with Crippen LogP contribution < -0.4 is 10.2 Å². The smallest absolute Gasteiger partial charge is 0.220 e. The first-order valence-corrected chi connectivity index (χ1v) is 11.2. The molecule has 1 aliphatic carbocycles. The molecule has 2 fully saturated rings. The third-order valence-electron chi connectivity index (χ3n) is 5.96. The summed E-state index contributed by atoms with van der Waals surface area (Å²) < 4.78 is 21.4. The second-order valence-corrected chi connectivity index (χ2v) is 9.19. The molecular weight excluding hydrogens is 393 g/mol. The van der Waals surface area contributed by atoms with Crippen LogP contribution in [0.25, 0.3) is 11.1 Å². The van der Waals surface area contributed by atoms with Crippen molar-refractivity contribution in [1.82, 2.24) is 10.3 Å². The number of halogens is 1. The molecule has 1 aliphatic heterocycles. The van der Waals surface area contributed by atoms with Crippen molar-refractivity contribution in [2.24, 2.45) is 5.92 Å². The van der Waals surface area contributed by atoms with Crippen LogP contribution in [0.1, 0.15) is 50.1 Å². The first-order valence-electron chi connectivity index (χ1n) is 11.2. The summed E-state index contributed by atoms with van der Waals surface area (Å²) in [6.45, 7) is 9.63. The van der Waals surface area contributed by atoms with Crippen LogP contribution in [0, 0.1) is 25.6 Å². The highest BCUT2D eigenvalue weighted by Crippen LogP contribution is 2.34. The Labute approximate surface area is 184 Å². The Kier molecular flexibility index (Phi) is 6.28. The van der Waals surface area contributed by atoms with E-state index in [9.17, 15) is 4.79 Å². The second-order valence-electron chi connectivity index (χ2n) is 9.19. The molecule has 1 amide bonds. The van der Waals surface area contributed by atoms with Crippen molar-refractivity contribution in [1.29, 1.82) is 0 Å². The number of pyridine rings is 1. The molecule has 2 aromatic rings. The molecule has 6 heteroatoms. The molecule has 5 nitrogen and oxygen atoms in total. The maximum atomic E-state index is 15.6. The number of aromatic nitrogens is 1. The molecule has 1 saturated heterocycles. The number of carbonyl (C=O) groups excluding carboxylic acids is 1. The van der Waals surface area contributed by atoms with Gasteiger partial charge in [0.1, 0.15) is 5.82 Å². The van der Waals surface area contributed by atoms with Crippen molar-refractivity contribution in [2.45, 2.75) is 65.7 Å². The van der Waals surface area contributed by atoms with Crippen molar-refractivity contribution in [3.05, 3.63) is 47.0 Å². The summed E-state index contributed by atoms with van der Waals surface area (Å²) in [7, 11) is 0. The van der Waals surface area contributed by atoms with Crippen LogP contribution in [0.3, 0.4) is 0 Å². The number of benzene rings is 1. The number of morpholine rings is 1. The van der Waals surface area contributed by atoms with Crippen molar-refractivity contribution in [2.75, 3.05) is 18.0 Å². The second kappa shape index (κ2) is 8.95. The van der Waals surface area contributed by atoms with E-state index in [-0.39, 0.29) is 23.9 Å². The number of nitrogens with one attached hydrogen (secondary N) is 1. The minimum Gasteiger partial charge on any atom is -0.372 e. The highest BCUT2D eigenvalue weighted by Gasteiger charge is 2.26. The highest BCUT2D eigenvalue weighted by molar-refractivity contribution is 5.78. The molecule has 1 N–H and O–H groups in total. The summed E-state index contributed by atoms with van der Waals surface area (Å²) in [6.07, 6.45) is 2.98. The first-order chi connectivity index (χ1) is 14.8. The Morgan fingerprint density at radius 3 is 2.39 bits per heavy atom. The van der Waals surface area contributed by atoms with Crippen molar-refractivity contribution < 1.29 is 13.9 Å².